The van der Waals surface area contributed by atoms with Crippen molar-refractivity contribution in [3.63, 3.8) is 0 Å². The van der Waals surface area contributed by atoms with Crippen LogP contribution in [0.5, 0.6) is 5.75 Å². The lowest BCUT2D eigenvalue weighted by Gasteiger charge is -2.07. The lowest BCUT2D eigenvalue weighted by molar-refractivity contribution is 0.476. The highest BCUT2D eigenvalue weighted by molar-refractivity contribution is 5.51. The Labute approximate surface area is 132 Å². The summed E-state index contributed by atoms with van der Waals surface area (Å²) in [5, 5.41) is 17.8. The normalized spacial score (nSPS) is 11.2. The summed E-state index contributed by atoms with van der Waals surface area (Å²) in [4.78, 5) is 12.6. The van der Waals surface area contributed by atoms with Gasteiger partial charge in [0.2, 0.25) is 0 Å². The molecule has 0 aliphatic carbocycles. The van der Waals surface area contributed by atoms with E-state index >= 15 is 0 Å². The average Bonchev–Trinajstić information content (AvgIpc) is 2.78. The van der Waals surface area contributed by atoms with Crippen LogP contribution >= 0.6 is 0 Å². The first kappa shape index (κ1) is 14.8. The van der Waals surface area contributed by atoms with Crippen molar-refractivity contribution < 1.29 is 5.11 Å². The molecule has 0 radical (unpaired) electrons. The topological polar surface area (TPSA) is 71.9 Å². The van der Waals surface area contributed by atoms with Crippen LogP contribution in [-0.4, -0.2) is 14.5 Å². The van der Waals surface area contributed by atoms with Crippen LogP contribution in [0, 0.1) is 6.92 Å². The smallest absolute Gasteiger partial charge is 0.299 e. The van der Waals surface area contributed by atoms with Crippen LogP contribution in [-0.2, 0) is 7.05 Å². The molecule has 0 spiro atoms. The van der Waals surface area contributed by atoms with Crippen LogP contribution in [0.15, 0.2) is 69.6 Å². The predicted octanol–water partition coefficient (Wildman–Crippen LogP) is 3.61. The maximum absolute atomic E-state index is 12.6. The second-order valence-electron chi connectivity index (χ2n) is 5.10. The van der Waals surface area contributed by atoms with Gasteiger partial charge in [-0.1, -0.05) is 30.3 Å². The molecule has 0 saturated heterocycles. The van der Waals surface area contributed by atoms with Crippen LogP contribution in [0.3, 0.4) is 0 Å². The molecule has 1 heterocycles. The van der Waals surface area contributed by atoms with Gasteiger partial charge in [-0.05, 0) is 31.2 Å². The standard InChI is InChI=1S/C17H16N4O2/c1-12-16(19-18-14-10-6-7-11-15(14)22)17(23)21(20(12)2)13-8-4-3-5-9-13/h3-11,22H,1-2H3. The molecule has 0 fully saturated rings. The number of phenolic OH excluding ortho intramolecular Hbond substituents is 1. The summed E-state index contributed by atoms with van der Waals surface area (Å²) in [6.45, 7) is 1.81. The molecule has 0 atom stereocenters. The van der Waals surface area contributed by atoms with Gasteiger partial charge in [0.15, 0.2) is 5.69 Å². The number of hydrogen-bond acceptors (Lipinski definition) is 4. The van der Waals surface area contributed by atoms with Gasteiger partial charge in [-0.15, -0.1) is 10.2 Å². The van der Waals surface area contributed by atoms with Crippen molar-refractivity contribution in [3.8, 4) is 11.4 Å². The van der Waals surface area contributed by atoms with Crippen LogP contribution in [0.4, 0.5) is 11.4 Å². The van der Waals surface area contributed by atoms with Crippen LogP contribution in [0.2, 0.25) is 0 Å². The SMILES string of the molecule is Cc1c(N=Nc2ccccc2O)c(=O)n(-c2ccccc2)n1C. The molecule has 1 N–H and O–H groups in total. The number of para-hydroxylation sites is 2. The van der Waals surface area contributed by atoms with Gasteiger partial charge in [-0.25, -0.2) is 4.68 Å². The lowest BCUT2D eigenvalue weighted by Crippen LogP contribution is -2.19. The Morgan fingerprint density at radius 3 is 2.30 bits per heavy atom. The van der Waals surface area contributed by atoms with E-state index in [9.17, 15) is 9.90 Å². The van der Waals surface area contributed by atoms with E-state index in [-0.39, 0.29) is 17.0 Å². The first-order valence-corrected chi connectivity index (χ1v) is 7.13. The van der Waals surface area contributed by atoms with Crippen molar-refractivity contribution in [2.75, 3.05) is 0 Å². The van der Waals surface area contributed by atoms with Crippen LogP contribution in [0.1, 0.15) is 5.69 Å². The molecule has 3 aromatic rings. The zero-order valence-corrected chi connectivity index (χ0v) is 12.8. The van der Waals surface area contributed by atoms with Gasteiger partial charge in [0, 0.05) is 7.05 Å². The summed E-state index contributed by atoms with van der Waals surface area (Å²) >= 11 is 0. The maximum atomic E-state index is 12.6. The van der Waals surface area contributed by atoms with Crippen molar-refractivity contribution >= 4 is 11.4 Å². The van der Waals surface area contributed by atoms with Crippen LogP contribution < -0.4 is 5.56 Å². The summed E-state index contributed by atoms with van der Waals surface area (Å²) in [6.07, 6.45) is 0. The van der Waals surface area contributed by atoms with Gasteiger partial charge < -0.3 is 5.11 Å². The highest BCUT2D eigenvalue weighted by atomic mass is 16.3. The molecule has 6 nitrogen and oxygen atoms in total. The number of aromatic nitrogens is 2. The third kappa shape index (κ3) is 2.66. The maximum Gasteiger partial charge on any atom is 0.299 e. The average molecular weight is 308 g/mol. The van der Waals surface area contributed by atoms with E-state index in [0.29, 0.717) is 11.4 Å². The van der Waals surface area contributed by atoms with E-state index < -0.39 is 0 Å². The highest BCUT2D eigenvalue weighted by Crippen LogP contribution is 2.27. The molecule has 116 valence electrons. The minimum atomic E-state index is -0.254. The molecule has 23 heavy (non-hydrogen) atoms. The van der Waals surface area contributed by atoms with Gasteiger partial charge in [0.1, 0.15) is 11.4 Å². The van der Waals surface area contributed by atoms with E-state index in [4.69, 9.17) is 0 Å². The quantitative estimate of drug-likeness (QED) is 0.751. The second kappa shape index (κ2) is 5.92. The minimum Gasteiger partial charge on any atom is -0.506 e. The lowest BCUT2D eigenvalue weighted by atomic mass is 10.3. The number of aromatic hydroxyl groups is 1. The molecule has 0 aliphatic heterocycles. The first-order chi connectivity index (χ1) is 11.1. The van der Waals surface area contributed by atoms with E-state index in [0.717, 1.165) is 5.69 Å². The second-order valence-corrected chi connectivity index (χ2v) is 5.10. The van der Waals surface area contributed by atoms with Crippen LogP contribution in [0.25, 0.3) is 5.69 Å². The molecule has 0 bridgehead atoms. The number of benzene rings is 2. The van der Waals surface area contributed by atoms with Gasteiger partial charge in [0.05, 0.1) is 11.4 Å². The molecule has 0 unspecified atom stereocenters. The summed E-state index contributed by atoms with van der Waals surface area (Å²) in [5.41, 5.74) is 1.77. The predicted molar refractivity (Wildman–Crippen MR) is 88.0 cm³/mol. The molecule has 1 aromatic heterocycles. The minimum absolute atomic E-state index is 0.0215. The van der Waals surface area contributed by atoms with Gasteiger partial charge in [-0.3, -0.25) is 9.48 Å². The van der Waals surface area contributed by atoms with E-state index in [1.165, 1.54) is 10.7 Å². The van der Waals surface area contributed by atoms with Crippen molar-refractivity contribution in [1.82, 2.24) is 9.36 Å². The Kier molecular flexibility index (Phi) is 3.80. The molecule has 0 saturated carbocycles. The summed E-state index contributed by atoms with van der Waals surface area (Å²) in [7, 11) is 1.79. The van der Waals surface area contributed by atoms with Crippen molar-refractivity contribution in [3.05, 3.63) is 70.6 Å². The van der Waals surface area contributed by atoms with Gasteiger partial charge >= 0.3 is 0 Å². The summed E-state index contributed by atoms with van der Waals surface area (Å²) in [6, 6.07) is 15.9. The highest BCUT2D eigenvalue weighted by Gasteiger charge is 2.15. The Bertz CT molecular complexity index is 924. The van der Waals surface area contributed by atoms with E-state index in [2.05, 4.69) is 10.2 Å². The Morgan fingerprint density at radius 2 is 1.61 bits per heavy atom. The third-order valence-corrected chi connectivity index (χ3v) is 3.66. The van der Waals surface area contributed by atoms with Crippen molar-refractivity contribution in [2.24, 2.45) is 17.3 Å². The van der Waals surface area contributed by atoms with Gasteiger partial charge in [-0.2, -0.15) is 0 Å². The zero-order valence-electron chi connectivity index (χ0n) is 12.8. The molecular weight excluding hydrogens is 292 g/mol. The molecule has 0 amide bonds. The molecule has 6 heteroatoms. The first-order valence-electron chi connectivity index (χ1n) is 7.13. The Morgan fingerprint density at radius 1 is 0.957 bits per heavy atom. The molecular formula is C17H16N4O2. The molecule has 3 rings (SSSR count). The molecule has 2 aromatic carbocycles. The number of hydrogen-bond donors (Lipinski definition) is 1. The fraction of sp³-hybridized carbons (Fsp3) is 0.118. The Balaban J connectivity index is 2.09. The fourth-order valence-electron chi connectivity index (χ4n) is 2.32. The number of rotatable bonds is 3. The van der Waals surface area contributed by atoms with Crippen molar-refractivity contribution in [1.29, 1.82) is 0 Å². The summed E-state index contributed by atoms with van der Waals surface area (Å²) in [5.74, 6) is 0.0215. The largest absolute Gasteiger partial charge is 0.506 e. The van der Waals surface area contributed by atoms with E-state index in [1.54, 1.807) is 36.9 Å². The monoisotopic (exact) mass is 308 g/mol. The fourth-order valence-corrected chi connectivity index (χ4v) is 2.32. The summed E-state index contributed by atoms with van der Waals surface area (Å²) < 4.78 is 3.27. The number of nitrogens with zero attached hydrogens (tertiary/aromatic N) is 4. The zero-order chi connectivity index (χ0) is 16.4. The van der Waals surface area contributed by atoms with Crippen molar-refractivity contribution in [2.45, 2.75) is 6.92 Å². The number of phenols is 1. The Hall–Kier alpha value is -3.15. The third-order valence-electron chi connectivity index (χ3n) is 3.66. The number of azo groups is 1. The van der Waals surface area contributed by atoms with E-state index in [1.807, 2.05) is 30.3 Å². The van der Waals surface area contributed by atoms with Gasteiger partial charge in [0.25, 0.3) is 5.56 Å². The molecule has 0 aliphatic rings.